The average molecular weight is 219 g/mol. The first-order valence-electron chi connectivity index (χ1n) is 5.65. The van der Waals surface area contributed by atoms with E-state index in [4.69, 9.17) is 10.8 Å². The Morgan fingerprint density at radius 2 is 2.19 bits per heavy atom. The molecule has 0 radical (unpaired) electrons. The van der Waals surface area contributed by atoms with Crippen molar-refractivity contribution < 1.29 is 9.90 Å². The van der Waals surface area contributed by atoms with E-state index in [1.54, 1.807) is 0 Å². The van der Waals surface area contributed by atoms with Crippen molar-refractivity contribution in [2.24, 2.45) is 11.7 Å². The van der Waals surface area contributed by atoms with Crippen molar-refractivity contribution in [1.82, 2.24) is 0 Å². The maximum Gasteiger partial charge on any atom is 0.320 e. The number of carbonyl (C=O) groups is 1. The normalized spacial score (nSPS) is 20.5. The summed E-state index contributed by atoms with van der Waals surface area (Å²) in [6.07, 6.45) is 2.66. The van der Waals surface area contributed by atoms with Gasteiger partial charge in [0.2, 0.25) is 0 Å². The molecule has 1 aromatic rings. The van der Waals surface area contributed by atoms with Gasteiger partial charge in [-0.2, -0.15) is 0 Å². The lowest BCUT2D eigenvalue weighted by Crippen LogP contribution is -2.32. The van der Waals surface area contributed by atoms with E-state index in [9.17, 15) is 4.79 Å². The molecule has 0 aliphatic heterocycles. The van der Waals surface area contributed by atoms with Crippen LogP contribution in [0.25, 0.3) is 0 Å². The fourth-order valence-electron chi connectivity index (χ4n) is 2.36. The number of hydrogen-bond donors (Lipinski definition) is 2. The van der Waals surface area contributed by atoms with Gasteiger partial charge in [0.25, 0.3) is 0 Å². The minimum absolute atomic E-state index is 0.414. The predicted octanol–water partition coefficient (Wildman–Crippen LogP) is 1.38. The van der Waals surface area contributed by atoms with Crippen molar-refractivity contribution in [2.75, 3.05) is 0 Å². The van der Waals surface area contributed by atoms with Crippen LogP contribution < -0.4 is 5.73 Å². The summed E-state index contributed by atoms with van der Waals surface area (Å²) in [6, 6.07) is 5.43. The van der Waals surface area contributed by atoms with Crippen LogP contribution in [-0.2, 0) is 24.1 Å². The number of carboxylic acid groups (broad SMARTS) is 1. The van der Waals surface area contributed by atoms with Crippen LogP contribution in [-0.4, -0.2) is 17.1 Å². The minimum atomic E-state index is -0.936. The molecule has 0 aromatic heterocycles. The van der Waals surface area contributed by atoms with Crippen molar-refractivity contribution in [3.63, 3.8) is 0 Å². The lowest BCUT2D eigenvalue weighted by atomic mass is 10.0. The molecule has 3 N–H and O–H groups in total. The van der Waals surface area contributed by atoms with Crippen molar-refractivity contribution >= 4 is 5.97 Å². The Bertz CT molecular complexity index is 414. The minimum Gasteiger partial charge on any atom is -0.480 e. The fourth-order valence-corrected chi connectivity index (χ4v) is 2.36. The van der Waals surface area contributed by atoms with Crippen LogP contribution in [0.4, 0.5) is 0 Å². The van der Waals surface area contributed by atoms with E-state index in [0.717, 1.165) is 18.4 Å². The van der Waals surface area contributed by atoms with Gasteiger partial charge >= 0.3 is 5.97 Å². The third-order valence-corrected chi connectivity index (χ3v) is 3.18. The summed E-state index contributed by atoms with van der Waals surface area (Å²) in [7, 11) is 0. The maximum absolute atomic E-state index is 10.7. The molecule has 0 bridgehead atoms. The van der Waals surface area contributed by atoms with Gasteiger partial charge in [-0.15, -0.1) is 0 Å². The summed E-state index contributed by atoms with van der Waals surface area (Å²) in [6.45, 7) is 2.24. The van der Waals surface area contributed by atoms with Gasteiger partial charge in [0.15, 0.2) is 0 Å². The Morgan fingerprint density at radius 1 is 1.50 bits per heavy atom. The largest absolute Gasteiger partial charge is 0.480 e. The van der Waals surface area contributed by atoms with Gasteiger partial charge in [-0.1, -0.05) is 25.1 Å². The van der Waals surface area contributed by atoms with E-state index < -0.39 is 12.0 Å². The number of hydrogen-bond acceptors (Lipinski definition) is 2. The molecule has 0 heterocycles. The average Bonchev–Trinajstić information content (AvgIpc) is 2.57. The summed E-state index contributed by atoms with van der Waals surface area (Å²) in [5.41, 5.74) is 9.32. The Kier molecular flexibility index (Phi) is 2.97. The van der Waals surface area contributed by atoms with E-state index >= 15 is 0 Å². The first-order chi connectivity index (χ1) is 7.56. The Hall–Kier alpha value is -1.35. The lowest BCUT2D eigenvalue weighted by molar-refractivity contribution is -0.138. The molecule has 2 rings (SSSR count). The van der Waals surface area contributed by atoms with Gasteiger partial charge in [-0.05, 0) is 41.9 Å². The second-order valence-electron chi connectivity index (χ2n) is 4.77. The van der Waals surface area contributed by atoms with Crippen LogP contribution in [0.2, 0.25) is 0 Å². The summed E-state index contributed by atoms with van der Waals surface area (Å²) < 4.78 is 0. The first kappa shape index (κ1) is 11.1. The molecule has 0 saturated heterocycles. The van der Waals surface area contributed by atoms with Crippen molar-refractivity contribution in [1.29, 1.82) is 0 Å². The maximum atomic E-state index is 10.7. The lowest BCUT2D eigenvalue weighted by Gasteiger charge is -2.08. The third kappa shape index (κ3) is 2.25. The SMILES string of the molecule is CC1Cc2ccc(CC(N)C(=O)O)cc2C1. The molecule has 86 valence electrons. The van der Waals surface area contributed by atoms with Crippen molar-refractivity contribution in [3.8, 4) is 0 Å². The zero-order chi connectivity index (χ0) is 11.7. The molecule has 0 spiro atoms. The van der Waals surface area contributed by atoms with E-state index in [2.05, 4.69) is 19.1 Å². The number of carboxylic acids is 1. The van der Waals surface area contributed by atoms with Crippen LogP contribution in [0.5, 0.6) is 0 Å². The van der Waals surface area contributed by atoms with Crippen LogP contribution in [0, 0.1) is 5.92 Å². The van der Waals surface area contributed by atoms with Crippen LogP contribution in [0.1, 0.15) is 23.6 Å². The third-order valence-electron chi connectivity index (χ3n) is 3.18. The Morgan fingerprint density at radius 3 is 2.88 bits per heavy atom. The van der Waals surface area contributed by atoms with Gasteiger partial charge < -0.3 is 10.8 Å². The molecule has 2 unspecified atom stereocenters. The van der Waals surface area contributed by atoms with Gasteiger partial charge in [0, 0.05) is 0 Å². The second kappa shape index (κ2) is 4.26. The van der Waals surface area contributed by atoms with E-state index in [-0.39, 0.29) is 0 Å². The molecule has 0 fully saturated rings. The molecule has 3 nitrogen and oxygen atoms in total. The quantitative estimate of drug-likeness (QED) is 0.807. The van der Waals surface area contributed by atoms with E-state index in [1.165, 1.54) is 11.1 Å². The molecule has 16 heavy (non-hydrogen) atoms. The number of nitrogens with two attached hydrogens (primary N) is 1. The highest BCUT2D eigenvalue weighted by molar-refractivity contribution is 5.73. The first-order valence-corrected chi connectivity index (χ1v) is 5.65. The molecule has 2 atom stereocenters. The summed E-state index contributed by atoms with van der Waals surface area (Å²) in [4.78, 5) is 10.7. The highest BCUT2D eigenvalue weighted by Gasteiger charge is 2.19. The Balaban J connectivity index is 2.13. The second-order valence-corrected chi connectivity index (χ2v) is 4.77. The topological polar surface area (TPSA) is 63.3 Å². The van der Waals surface area contributed by atoms with Crippen molar-refractivity contribution in [2.45, 2.75) is 32.2 Å². The van der Waals surface area contributed by atoms with Crippen LogP contribution in [0.15, 0.2) is 18.2 Å². The van der Waals surface area contributed by atoms with Crippen LogP contribution in [0.3, 0.4) is 0 Å². The van der Waals surface area contributed by atoms with Gasteiger partial charge in [-0.25, -0.2) is 0 Å². The number of rotatable bonds is 3. The molecule has 0 amide bonds. The monoisotopic (exact) mass is 219 g/mol. The van der Waals surface area contributed by atoms with Crippen molar-refractivity contribution in [3.05, 3.63) is 34.9 Å². The number of benzene rings is 1. The fraction of sp³-hybridized carbons (Fsp3) is 0.462. The molecule has 1 aliphatic rings. The number of fused-ring (bicyclic) bond motifs is 1. The predicted molar refractivity (Wildman–Crippen MR) is 62.3 cm³/mol. The number of aliphatic carboxylic acids is 1. The standard InChI is InChI=1S/C13H17NO2/c1-8-4-10-3-2-9(6-11(10)5-8)7-12(14)13(15)16/h2-3,6,8,12H,4-5,7,14H2,1H3,(H,15,16). The van der Waals surface area contributed by atoms with Crippen LogP contribution >= 0.6 is 0 Å². The molecule has 1 aromatic carbocycles. The zero-order valence-corrected chi connectivity index (χ0v) is 9.44. The van der Waals surface area contributed by atoms with E-state index in [0.29, 0.717) is 12.3 Å². The van der Waals surface area contributed by atoms with Gasteiger partial charge in [0.1, 0.15) is 6.04 Å². The molecule has 1 aliphatic carbocycles. The highest BCUT2D eigenvalue weighted by Crippen LogP contribution is 2.27. The highest BCUT2D eigenvalue weighted by atomic mass is 16.4. The Labute approximate surface area is 95.3 Å². The summed E-state index contributed by atoms with van der Waals surface area (Å²) >= 11 is 0. The molecule has 0 saturated carbocycles. The molecule has 3 heteroatoms. The smallest absolute Gasteiger partial charge is 0.320 e. The zero-order valence-electron chi connectivity index (χ0n) is 9.44. The van der Waals surface area contributed by atoms with Gasteiger partial charge in [0.05, 0.1) is 0 Å². The molecular weight excluding hydrogens is 202 g/mol. The molecular formula is C13H17NO2. The van der Waals surface area contributed by atoms with Gasteiger partial charge in [-0.3, -0.25) is 4.79 Å². The summed E-state index contributed by atoms with van der Waals surface area (Å²) in [5, 5.41) is 8.75. The van der Waals surface area contributed by atoms with E-state index in [1.807, 2.05) is 6.07 Å². The summed E-state index contributed by atoms with van der Waals surface area (Å²) in [5.74, 6) is -0.229.